The Morgan fingerprint density at radius 3 is 2.75 bits per heavy atom. The zero-order valence-electron chi connectivity index (χ0n) is 9.69. The van der Waals surface area contributed by atoms with E-state index in [2.05, 4.69) is 31.2 Å². The average molecular weight is 218 g/mol. The van der Waals surface area contributed by atoms with Crippen LogP contribution in [0, 0.1) is 0 Å². The monoisotopic (exact) mass is 218 g/mol. The molecule has 16 heavy (non-hydrogen) atoms. The van der Waals surface area contributed by atoms with Gasteiger partial charge < -0.3 is 9.53 Å². The van der Waals surface area contributed by atoms with Crippen molar-refractivity contribution in [3.63, 3.8) is 0 Å². The smallest absolute Gasteiger partial charge is 0.120 e. The summed E-state index contributed by atoms with van der Waals surface area (Å²) in [7, 11) is 0. The molecule has 2 nitrogen and oxygen atoms in total. The third-order valence-corrected chi connectivity index (χ3v) is 3.26. The Bertz CT molecular complexity index is 336. The Labute approximate surface area is 96.6 Å². The lowest BCUT2D eigenvalue weighted by Gasteiger charge is -2.12. The maximum absolute atomic E-state index is 10.4. The van der Waals surface area contributed by atoms with Gasteiger partial charge >= 0.3 is 0 Å². The summed E-state index contributed by atoms with van der Waals surface area (Å²) in [5.41, 5.74) is 2.49. The largest absolute Gasteiger partial charge is 0.374 e. The Hall–Kier alpha value is -1.15. The number of benzene rings is 1. The number of carbonyl (C=O) groups is 1. The van der Waals surface area contributed by atoms with E-state index >= 15 is 0 Å². The second kappa shape index (κ2) is 5.26. The van der Waals surface area contributed by atoms with Gasteiger partial charge in [-0.1, -0.05) is 31.2 Å². The lowest BCUT2D eigenvalue weighted by molar-refractivity contribution is -0.108. The van der Waals surface area contributed by atoms with Gasteiger partial charge in [-0.25, -0.2) is 0 Å². The molecule has 1 aromatic carbocycles. The fraction of sp³-hybridized carbons (Fsp3) is 0.500. The highest BCUT2D eigenvalue weighted by Gasteiger charge is 2.17. The Morgan fingerprint density at radius 1 is 1.44 bits per heavy atom. The fourth-order valence-electron chi connectivity index (χ4n) is 2.16. The fourth-order valence-corrected chi connectivity index (χ4v) is 2.16. The van der Waals surface area contributed by atoms with Gasteiger partial charge in [0.1, 0.15) is 6.29 Å². The van der Waals surface area contributed by atoms with Gasteiger partial charge in [-0.15, -0.1) is 0 Å². The zero-order chi connectivity index (χ0) is 11.4. The number of hydrogen-bond donors (Lipinski definition) is 0. The van der Waals surface area contributed by atoms with Crippen LogP contribution < -0.4 is 0 Å². The molecule has 1 saturated heterocycles. The molecule has 0 aliphatic carbocycles. The summed E-state index contributed by atoms with van der Waals surface area (Å²) in [6.07, 6.45) is 4.16. The third kappa shape index (κ3) is 2.50. The van der Waals surface area contributed by atoms with Crippen molar-refractivity contribution in [1.82, 2.24) is 0 Å². The quantitative estimate of drug-likeness (QED) is 0.725. The van der Waals surface area contributed by atoms with Crippen LogP contribution in [0.1, 0.15) is 49.3 Å². The standard InChI is InChI=1S/C14H18O2/c1-11(8-9-15)12-4-6-13(7-5-12)14-3-2-10-16-14/h4-7,9,11,14H,2-3,8,10H2,1H3. The summed E-state index contributed by atoms with van der Waals surface area (Å²) in [6.45, 7) is 2.96. The maximum atomic E-state index is 10.4. The molecule has 0 bridgehead atoms. The molecule has 0 aromatic heterocycles. The Kier molecular flexibility index (Phi) is 3.73. The molecule has 86 valence electrons. The lowest BCUT2D eigenvalue weighted by atomic mass is 9.96. The van der Waals surface area contributed by atoms with Crippen LogP contribution in [0.3, 0.4) is 0 Å². The van der Waals surface area contributed by atoms with Crippen LogP contribution in [0.4, 0.5) is 0 Å². The Morgan fingerprint density at radius 2 is 2.19 bits per heavy atom. The van der Waals surface area contributed by atoms with Crippen LogP contribution in [0.2, 0.25) is 0 Å². The van der Waals surface area contributed by atoms with Gasteiger partial charge in [-0.2, -0.15) is 0 Å². The summed E-state index contributed by atoms with van der Waals surface area (Å²) < 4.78 is 5.63. The van der Waals surface area contributed by atoms with Gasteiger partial charge in [0, 0.05) is 13.0 Å². The second-order valence-electron chi connectivity index (χ2n) is 4.47. The van der Waals surface area contributed by atoms with Crippen LogP contribution in [0.5, 0.6) is 0 Å². The van der Waals surface area contributed by atoms with E-state index in [1.54, 1.807) is 0 Å². The van der Waals surface area contributed by atoms with Crippen LogP contribution in [0.25, 0.3) is 0 Å². The van der Waals surface area contributed by atoms with Gasteiger partial charge in [0.2, 0.25) is 0 Å². The van der Waals surface area contributed by atoms with Crippen molar-refractivity contribution in [1.29, 1.82) is 0 Å². The first-order valence-electron chi connectivity index (χ1n) is 5.96. The molecule has 2 unspecified atom stereocenters. The van der Waals surface area contributed by atoms with Crippen molar-refractivity contribution in [2.45, 2.75) is 38.2 Å². The van der Waals surface area contributed by atoms with E-state index in [-0.39, 0.29) is 6.10 Å². The SMILES string of the molecule is CC(CC=O)c1ccc(C2CCCO2)cc1. The number of carbonyl (C=O) groups excluding carboxylic acids is 1. The van der Waals surface area contributed by atoms with Gasteiger partial charge in [-0.3, -0.25) is 0 Å². The highest BCUT2D eigenvalue weighted by atomic mass is 16.5. The zero-order valence-corrected chi connectivity index (χ0v) is 9.69. The minimum atomic E-state index is 0.287. The van der Waals surface area contributed by atoms with E-state index in [9.17, 15) is 4.79 Å². The predicted octanol–water partition coefficient (Wildman–Crippen LogP) is 3.23. The minimum Gasteiger partial charge on any atom is -0.374 e. The first kappa shape index (κ1) is 11.3. The van der Waals surface area contributed by atoms with Crippen LogP contribution in [0.15, 0.2) is 24.3 Å². The molecule has 0 N–H and O–H groups in total. The average Bonchev–Trinajstić information content (AvgIpc) is 2.83. The van der Waals surface area contributed by atoms with Gasteiger partial charge in [0.05, 0.1) is 6.10 Å². The third-order valence-electron chi connectivity index (χ3n) is 3.26. The van der Waals surface area contributed by atoms with E-state index in [1.165, 1.54) is 11.1 Å². The van der Waals surface area contributed by atoms with Crippen molar-refractivity contribution in [2.75, 3.05) is 6.61 Å². The summed E-state index contributed by atoms with van der Waals surface area (Å²) in [5, 5.41) is 0. The topological polar surface area (TPSA) is 26.3 Å². The molecule has 0 spiro atoms. The molecular weight excluding hydrogens is 200 g/mol. The number of hydrogen-bond acceptors (Lipinski definition) is 2. The Balaban J connectivity index is 2.06. The minimum absolute atomic E-state index is 0.287. The second-order valence-corrected chi connectivity index (χ2v) is 4.47. The van der Waals surface area contributed by atoms with Crippen LogP contribution in [-0.4, -0.2) is 12.9 Å². The van der Waals surface area contributed by atoms with Crippen LogP contribution >= 0.6 is 0 Å². The van der Waals surface area contributed by atoms with Gasteiger partial charge in [-0.05, 0) is 29.9 Å². The molecule has 0 amide bonds. The molecule has 1 aliphatic rings. The van der Waals surface area contributed by atoms with Crippen LogP contribution in [-0.2, 0) is 9.53 Å². The van der Waals surface area contributed by atoms with Crippen molar-refractivity contribution in [3.05, 3.63) is 35.4 Å². The van der Waals surface area contributed by atoms with Crippen molar-refractivity contribution < 1.29 is 9.53 Å². The predicted molar refractivity (Wildman–Crippen MR) is 63.5 cm³/mol. The molecule has 2 rings (SSSR count). The lowest BCUT2D eigenvalue weighted by Crippen LogP contribution is -1.98. The van der Waals surface area contributed by atoms with Gasteiger partial charge in [0.15, 0.2) is 0 Å². The molecule has 2 atom stereocenters. The van der Waals surface area contributed by atoms with Crippen molar-refractivity contribution >= 4 is 6.29 Å². The van der Waals surface area contributed by atoms with E-state index in [0.717, 1.165) is 25.7 Å². The molecule has 1 aromatic rings. The maximum Gasteiger partial charge on any atom is 0.120 e. The van der Waals surface area contributed by atoms with E-state index in [1.807, 2.05) is 0 Å². The van der Waals surface area contributed by atoms with Crippen molar-refractivity contribution in [3.8, 4) is 0 Å². The van der Waals surface area contributed by atoms with E-state index < -0.39 is 0 Å². The molecule has 0 saturated carbocycles. The summed E-state index contributed by atoms with van der Waals surface area (Å²) in [4.78, 5) is 10.4. The highest BCUT2D eigenvalue weighted by molar-refractivity contribution is 5.51. The molecular formula is C14H18O2. The first-order valence-corrected chi connectivity index (χ1v) is 5.96. The molecule has 1 heterocycles. The molecule has 1 fully saturated rings. The number of rotatable bonds is 4. The first-order chi connectivity index (χ1) is 7.81. The van der Waals surface area contributed by atoms with Crippen molar-refractivity contribution in [2.24, 2.45) is 0 Å². The van der Waals surface area contributed by atoms with E-state index in [0.29, 0.717) is 12.3 Å². The normalized spacial score (nSPS) is 21.9. The summed E-state index contributed by atoms with van der Waals surface area (Å²) >= 11 is 0. The number of ether oxygens (including phenoxy) is 1. The summed E-state index contributed by atoms with van der Waals surface area (Å²) in [6, 6.07) is 8.50. The molecule has 1 aliphatic heterocycles. The summed E-state index contributed by atoms with van der Waals surface area (Å²) in [5.74, 6) is 0.316. The highest BCUT2D eigenvalue weighted by Crippen LogP contribution is 2.29. The molecule has 0 radical (unpaired) electrons. The van der Waals surface area contributed by atoms with Gasteiger partial charge in [0.25, 0.3) is 0 Å². The molecule has 2 heteroatoms. The number of aldehydes is 1. The van der Waals surface area contributed by atoms with E-state index in [4.69, 9.17) is 4.74 Å².